The van der Waals surface area contributed by atoms with E-state index in [-0.39, 0.29) is 5.82 Å². The molecule has 3 rings (SSSR count). The average molecular weight is 304 g/mol. The Labute approximate surface area is 129 Å². The molecule has 22 heavy (non-hydrogen) atoms. The number of likely N-dealkylation sites (N-methyl/N-ethyl adjacent to an activating group) is 1. The number of benzene rings is 1. The second-order valence-corrected chi connectivity index (χ2v) is 5.74. The van der Waals surface area contributed by atoms with E-state index in [9.17, 15) is 4.39 Å². The number of nitrogens with zero attached hydrogens (tertiary/aromatic N) is 3. The van der Waals surface area contributed by atoms with E-state index in [0.717, 1.165) is 26.2 Å². The number of hydrogen-bond donors (Lipinski definition) is 3. The first-order valence-corrected chi connectivity index (χ1v) is 7.30. The largest absolute Gasteiger partial charge is 0.384 e. The molecule has 2 aliphatic heterocycles. The summed E-state index contributed by atoms with van der Waals surface area (Å²) in [5.41, 5.74) is 13.0. The summed E-state index contributed by atoms with van der Waals surface area (Å²) in [4.78, 5) is 8.44. The number of halogens is 1. The number of piperazine rings is 1. The summed E-state index contributed by atoms with van der Waals surface area (Å²) < 4.78 is 14.5. The van der Waals surface area contributed by atoms with Crippen molar-refractivity contribution in [2.45, 2.75) is 5.79 Å². The van der Waals surface area contributed by atoms with Gasteiger partial charge in [0.15, 0.2) is 0 Å². The molecule has 1 atom stereocenters. The molecule has 0 aromatic heterocycles. The highest BCUT2D eigenvalue weighted by Crippen LogP contribution is 2.26. The number of anilines is 1. The zero-order valence-corrected chi connectivity index (χ0v) is 12.6. The summed E-state index contributed by atoms with van der Waals surface area (Å²) in [6.07, 6.45) is 3.23. The molecule has 1 fully saturated rings. The Balaban J connectivity index is 1.85. The van der Waals surface area contributed by atoms with E-state index in [2.05, 4.69) is 22.3 Å². The maximum atomic E-state index is 14.5. The highest BCUT2D eigenvalue weighted by atomic mass is 19.1. The molecule has 0 aliphatic carbocycles. The van der Waals surface area contributed by atoms with Crippen LogP contribution in [-0.4, -0.2) is 44.0 Å². The Morgan fingerprint density at radius 2 is 2.00 bits per heavy atom. The first-order valence-electron chi connectivity index (χ1n) is 7.30. The number of nitrogens with two attached hydrogens (primary N) is 2. The van der Waals surface area contributed by atoms with Gasteiger partial charge in [-0.2, -0.15) is 0 Å². The molecule has 0 radical (unpaired) electrons. The van der Waals surface area contributed by atoms with Crippen LogP contribution in [-0.2, 0) is 5.79 Å². The van der Waals surface area contributed by atoms with Crippen LogP contribution in [0.15, 0.2) is 35.5 Å². The highest BCUT2D eigenvalue weighted by Gasteiger charge is 2.29. The Bertz CT molecular complexity index is 620. The molecule has 1 saturated heterocycles. The number of amidine groups is 1. The molecule has 2 aliphatic rings. The summed E-state index contributed by atoms with van der Waals surface area (Å²) in [6.45, 7) is 3.48. The lowest BCUT2D eigenvalue weighted by molar-refractivity contribution is 0.311. The van der Waals surface area contributed by atoms with Crippen LogP contribution >= 0.6 is 0 Å². The van der Waals surface area contributed by atoms with Crippen molar-refractivity contribution in [1.82, 2.24) is 10.2 Å². The van der Waals surface area contributed by atoms with Crippen LogP contribution in [0.3, 0.4) is 0 Å². The first-order chi connectivity index (χ1) is 10.5. The minimum Gasteiger partial charge on any atom is -0.384 e. The van der Waals surface area contributed by atoms with Crippen molar-refractivity contribution in [3.8, 4) is 0 Å². The van der Waals surface area contributed by atoms with Gasteiger partial charge in [0.05, 0.1) is 5.69 Å². The van der Waals surface area contributed by atoms with Crippen molar-refractivity contribution in [2.75, 3.05) is 38.1 Å². The summed E-state index contributed by atoms with van der Waals surface area (Å²) in [5.74, 6) is -1.21. The van der Waals surface area contributed by atoms with E-state index in [1.165, 1.54) is 6.07 Å². The molecule has 0 bridgehead atoms. The van der Waals surface area contributed by atoms with Gasteiger partial charge < -0.3 is 20.9 Å². The van der Waals surface area contributed by atoms with Crippen molar-refractivity contribution < 1.29 is 4.39 Å². The number of aliphatic imine (C=N–C) groups is 1. The maximum absolute atomic E-state index is 14.5. The molecule has 2 heterocycles. The second kappa shape index (κ2) is 5.58. The SMILES string of the molecule is CN1CCN(c2ccc(C3(N)N=C(N)C=CN3)cc2F)CC1. The zero-order valence-electron chi connectivity index (χ0n) is 12.6. The summed E-state index contributed by atoms with van der Waals surface area (Å²) >= 11 is 0. The molecule has 118 valence electrons. The van der Waals surface area contributed by atoms with E-state index in [1.54, 1.807) is 24.4 Å². The van der Waals surface area contributed by atoms with Crippen LogP contribution in [0.2, 0.25) is 0 Å². The number of rotatable bonds is 2. The fourth-order valence-corrected chi connectivity index (χ4v) is 2.72. The third-order valence-electron chi connectivity index (χ3n) is 4.09. The van der Waals surface area contributed by atoms with Crippen molar-refractivity contribution in [3.63, 3.8) is 0 Å². The highest BCUT2D eigenvalue weighted by molar-refractivity contribution is 5.92. The lowest BCUT2D eigenvalue weighted by atomic mass is 10.1. The minimum absolute atomic E-state index is 0.294. The molecule has 0 spiro atoms. The topological polar surface area (TPSA) is 82.9 Å². The molecular weight excluding hydrogens is 283 g/mol. The van der Waals surface area contributed by atoms with E-state index in [0.29, 0.717) is 17.1 Å². The lowest BCUT2D eigenvalue weighted by Gasteiger charge is -2.35. The van der Waals surface area contributed by atoms with Gasteiger partial charge in [0, 0.05) is 37.9 Å². The fourth-order valence-electron chi connectivity index (χ4n) is 2.72. The van der Waals surface area contributed by atoms with Gasteiger partial charge >= 0.3 is 0 Å². The van der Waals surface area contributed by atoms with Gasteiger partial charge in [0.1, 0.15) is 11.7 Å². The van der Waals surface area contributed by atoms with Gasteiger partial charge in [-0.25, -0.2) is 9.38 Å². The Hall–Kier alpha value is -2.12. The van der Waals surface area contributed by atoms with Gasteiger partial charge in [-0.05, 0) is 25.3 Å². The summed E-state index contributed by atoms with van der Waals surface area (Å²) in [7, 11) is 2.07. The van der Waals surface area contributed by atoms with Crippen molar-refractivity contribution in [1.29, 1.82) is 0 Å². The Morgan fingerprint density at radius 1 is 1.27 bits per heavy atom. The van der Waals surface area contributed by atoms with Crippen LogP contribution in [0.1, 0.15) is 5.56 Å². The van der Waals surface area contributed by atoms with Gasteiger partial charge in [0.25, 0.3) is 0 Å². The summed E-state index contributed by atoms with van der Waals surface area (Å²) in [6, 6.07) is 4.98. The van der Waals surface area contributed by atoms with E-state index < -0.39 is 5.79 Å². The molecule has 7 heteroatoms. The molecule has 0 saturated carbocycles. The molecule has 6 nitrogen and oxygen atoms in total. The summed E-state index contributed by atoms with van der Waals surface area (Å²) in [5, 5.41) is 2.92. The van der Waals surface area contributed by atoms with Crippen molar-refractivity contribution >= 4 is 11.5 Å². The van der Waals surface area contributed by atoms with Crippen LogP contribution in [0.4, 0.5) is 10.1 Å². The Kier molecular flexibility index (Phi) is 3.76. The van der Waals surface area contributed by atoms with Crippen molar-refractivity contribution in [2.24, 2.45) is 16.5 Å². The van der Waals surface area contributed by atoms with E-state index >= 15 is 0 Å². The van der Waals surface area contributed by atoms with Crippen LogP contribution in [0, 0.1) is 5.82 Å². The minimum atomic E-state index is -1.22. The first kappa shape index (κ1) is 14.8. The quantitative estimate of drug-likeness (QED) is 0.723. The normalized spacial score (nSPS) is 25.8. The molecule has 1 unspecified atom stereocenters. The lowest BCUT2D eigenvalue weighted by Crippen LogP contribution is -2.49. The van der Waals surface area contributed by atoms with E-state index in [4.69, 9.17) is 11.5 Å². The Morgan fingerprint density at radius 3 is 2.64 bits per heavy atom. The van der Waals surface area contributed by atoms with Gasteiger partial charge in [0.2, 0.25) is 5.79 Å². The third kappa shape index (κ3) is 2.77. The zero-order chi connectivity index (χ0) is 15.7. The molecule has 0 amide bonds. The monoisotopic (exact) mass is 304 g/mol. The predicted octanol–water partition coefficient (Wildman–Crippen LogP) is 0.121. The van der Waals surface area contributed by atoms with E-state index in [1.807, 2.05) is 4.90 Å². The second-order valence-electron chi connectivity index (χ2n) is 5.74. The van der Waals surface area contributed by atoms with Crippen molar-refractivity contribution in [3.05, 3.63) is 41.9 Å². The standard InChI is InChI=1S/C15H21FN6/c1-21-6-8-22(9-7-21)13-3-2-11(10-12(13)16)15(18)19-5-4-14(17)20-15/h2-5,10,19H,6-9,18H2,1H3,(H2,17,20). The van der Waals surface area contributed by atoms with Crippen LogP contribution in [0.25, 0.3) is 0 Å². The predicted molar refractivity (Wildman–Crippen MR) is 85.9 cm³/mol. The molecule has 1 aromatic carbocycles. The van der Waals surface area contributed by atoms with Crippen LogP contribution < -0.4 is 21.7 Å². The maximum Gasteiger partial charge on any atom is 0.211 e. The number of nitrogens with one attached hydrogen (secondary N) is 1. The average Bonchev–Trinajstić information content (AvgIpc) is 2.48. The molecular formula is C15H21FN6. The van der Waals surface area contributed by atoms with Crippen LogP contribution in [0.5, 0.6) is 0 Å². The third-order valence-corrected chi connectivity index (χ3v) is 4.09. The van der Waals surface area contributed by atoms with Gasteiger partial charge in [-0.1, -0.05) is 6.07 Å². The van der Waals surface area contributed by atoms with Gasteiger partial charge in [-0.3, -0.25) is 5.73 Å². The molecule has 1 aromatic rings. The fraction of sp³-hybridized carbons (Fsp3) is 0.400. The molecule has 5 N–H and O–H groups in total. The van der Waals surface area contributed by atoms with Gasteiger partial charge in [-0.15, -0.1) is 0 Å². The smallest absolute Gasteiger partial charge is 0.211 e. The number of hydrogen-bond acceptors (Lipinski definition) is 6.